The summed E-state index contributed by atoms with van der Waals surface area (Å²) in [5.74, 6) is -0.993. The number of carbonyl (C=O) groups is 2. The molecule has 0 aliphatic heterocycles. The minimum absolute atomic E-state index is 0.0429. The normalized spacial score (nSPS) is 10.5. The Labute approximate surface area is 119 Å². The molecular weight excluding hydrogens is 276 g/mol. The van der Waals surface area contributed by atoms with Crippen LogP contribution >= 0.6 is 0 Å². The van der Waals surface area contributed by atoms with Gasteiger partial charge in [0.1, 0.15) is 17.7 Å². The third-order valence-electron chi connectivity index (χ3n) is 3.02. The van der Waals surface area contributed by atoms with Crippen molar-refractivity contribution >= 4 is 11.8 Å². The lowest BCUT2D eigenvalue weighted by Gasteiger charge is -2.09. The van der Waals surface area contributed by atoms with Crippen LogP contribution in [0, 0.1) is 0 Å². The maximum atomic E-state index is 12.1. The zero-order chi connectivity index (χ0) is 15.6. The SMILES string of the molecule is Cn1cnnc1CCn1cc(C(N)=O)cc(C(N)=O)c1=O. The van der Waals surface area contributed by atoms with E-state index < -0.39 is 17.4 Å². The highest BCUT2D eigenvalue weighted by Gasteiger charge is 2.14. The molecule has 2 amide bonds. The molecule has 0 saturated carbocycles. The van der Waals surface area contributed by atoms with Gasteiger partial charge in [0.2, 0.25) is 5.91 Å². The molecule has 0 aliphatic carbocycles. The maximum Gasteiger partial charge on any atom is 0.263 e. The van der Waals surface area contributed by atoms with Crippen molar-refractivity contribution in [1.29, 1.82) is 0 Å². The van der Waals surface area contributed by atoms with Gasteiger partial charge in [0.25, 0.3) is 11.5 Å². The number of nitrogens with two attached hydrogens (primary N) is 2. The highest BCUT2D eigenvalue weighted by Crippen LogP contribution is 2.02. The molecule has 0 bridgehead atoms. The van der Waals surface area contributed by atoms with Crippen molar-refractivity contribution in [2.24, 2.45) is 18.5 Å². The molecule has 2 aromatic heterocycles. The van der Waals surface area contributed by atoms with Crippen molar-refractivity contribution in [2.75, 3.05) is 0 Å². The molecule has 0 spiro atoms. The number of hydrogen-bond donors (Lipinski definition) is 2. The fourth-order valence-corrected chi connectivity index (χ4v) is 1.87. The summed E-state index contributed by atoms with van der Waals surface area (Å²) in [6.45, 7) is 0.215. The van der Waals surface area contributed by atoms with E-state index in [0.29, 0.717) is 12.2 Å². The number of hydrogen-bond acceptors (Lipinski definition) is 5. The van der Waals surface area contributed by atoms with Crippen LogP contribution in [-0.4, -0.2) is 31.1 Å². The molecule has 9 nitrogen and oxygen atoms in total. The van der Waals surface area contributed by atoms with E-state index in [0.717, 1.165) is 6.07 Å². The Bertz CT molecular complexity index is 761. The van der Waals surface area contributed by atoms with Crippen molar-refractivity contribution in [3.05, 3.63) is 45.9 Å². The van der Waals surface area contributed by atoms with Crippen LogP contribution in [0.5, 0.6) is 0 Å². The Hall–Kier alpha value is -2.97. The van der Waals surface area contributed by atoms with Crippen molar-refractivity contribution < 1.29 is 9.59 Å². The van der Waals surface area contributed by atoms with Crippen LogP contribution in [0.3, 0.4) is 0 Å². The summed E-state index contributed by atoms with van der Waals surface area (Å²) in [6.07, 6.45) is 3.23. The van der Waals surface area contributed by atoms with Crippen LogP contribution in [0.15, 0.2) is 23.4 Å². The average Bonchev–Trinajstić information content (AvgIpc) is 2.82. The summed E-state index contributed by atoms with van der Waals surface area (Å²) in [5.41, 5.74) is 9.51. The molecule has 2 aromatic rings. The van der Waals surface area contributed by atoms with Gasteiger partial charge in [-0.25, -0.2) is 0 Å². The molecular formula is C12H14N6O3. The van der Waals surface area contributed by atoms with Gasteiger partial charge in [0.05, 0.1) is 5.56 Å². The van der Waals surface area contributed by atoms with Gasteiger partial charge in [-0.3, -0.25) is 14.4 Å². The highest BCUT2D eigenvalue weighted by molar-refractivity contribution is 5.97. The Morgan fingerprint density at radius 3 is 2.52 bits per heavy atom. The molecule has 0 radical (unpaired) electrons. The standard InChI is InChI=1S/C12H14N6O3/c1-17-6-15-16-9(17)2-3-18-5-7(10(13)19)4-8(11(14)20)12(18)21/h4-6H,2-3H2,1H3,(H2,13,19)(H2,14,20). The van der Waals surface area contributed by atoms with E-state index in [-0.39, 0.29) is 17.7 Å². The van der Waals surface area contributed by atoms with Crippen molar-refractivity contribution in [3.63, 3.8) is 0 Å². The van der Waals surface area contributed by atoms with E-state index >= 15 is 0 Å². The predicted molar refractivity (Wildman–Crippen MR) is 72.4 cm³/mol. The van der Waals surface area contributed by atoms with Gasteiger partial charge < -0.3 is 20.6 Å². The summed E-state index contributed by atoms with van der Waals surface area (Å²) in [6, 6.07) is 1.10. The summed E-state index contributed by atoms with van der Waals surface area (Å²) < 4.78 is 2.92. The first-order valence-corrected chi connectivity index (χ1v) is 6.07. The largest absolute Gasteiger partial charge is 0.366 e. The third-order valence-corrected chi connectivity index (χ3v) is 3.02. The van der Waals surface area contributed by atoms with E-state index in [1.165, 1.54) is 17.1 Å². The van der Waals surface area contributed by atoms with Crippen LogP contribution in [0.1, 0.15) is 26.5 Å². The van der Waals surface area contributed by atoms with Gasteiger partial charge in [-0.2, -0.15) is 0 Å². The Morgan fingerprint density at radius 1 is 1.29 bits per heavy atom. The molecule has 2 rings (SSSR count). The zero-order valence-corrected chi connectivity index (χ0v) is 11.3. The number of aromatic nitrogens is 4. The Balaban J connectivity index is 2.38. The summed E-state index contributed by atoms with van der Waals surface area (Å²) in [4.78, 5) is 34.6. The molecule has 110 valence electrons. The fourth-order valence-electron chi connectivity index (χ4n) is 1.87. The number of nitrogens with zero attached hydrogens (tertiary/aromatic N) is 4. The van der Waals surface area contributed by atoms with Gasteiger partial charge >= 0.3 is 0 Å². The number of rotatable bonds is 5. The van der Waals surface area contributed by atoms with E-state index in [2.05, 4.69) is 10.2 Å². The zero-order valence-electron chi connectivity index (χ0n) is 11.3. The van der Waals surface area contributed by atoms with Gasteiger partial charge in [-0.1, -0.05) is 0 Å². The second-order valence-corrected chi connectivity index (χ2v) is 4.48. The van der Waals surface area contributed by atoms with Crippen LogP contribution in [0.2, 0.25) is 0 Å². The number of aryl methyl sites for hydroxylation is 3. The van der Waals surface area contributed by atoms with Crippen LogP contribution in [-0.2, 0) is 20.0 Å². The van der Waals surface area contributed by atoms with Crippen LogP contribution in [0.4, 0.5) is 0 Å². The molecule has 9 heteroatoms. The average molecular weight is 290 g/mol. The first-order chi connectivity index (χ1) is 9.90. The number of carbonyl (C=O) groups excluding carboxylic acids is 2. The molecule has 21 heavy (non-hydrogen) atoms. The number of pyridine rings is 1. The van der Waals surface area contributed by atoms with Crippen LogP contribution in [0.25, 0.3) is 0 Å². The second-order valence-electron chi connectivity index (χ2n) is 4.48. The topological polar surface area (TPSA) is 139 Å². The molecule has 0 fully saturated rings. The molecule has 4 N–H and O–H groups in total. The smallest absolute Gasteiger partial charge is 0.263 e. The van der Waals surface area contributed by atoms with Gasteiger partial charge in [0.15, 0.2) is 0 Å². The number of amides is 2. The number of primary amides is 2. The second kappa shape index (κ2) is 5.57. The summed E-state index contributed by atoms with van der Waals surface area (Å²) >= 11 is 0. The molecule has 0 aromatic carbocycles. The van der Waals surface area contributed by atoms with E-state index in [1.54, 1.807) is 11.6 Å². The van der Waals surface area contributed by atoms with Gasteiger partial charge in [-0.05, 0) is 6.07 Å². The monoisotopic (exact) mass is 290 g/mol. The predicted octanol–water partition coefficient (Wildman–Crippen LogP) is -1.58. The quantitative estimate of drug-likeness (QED) is 0.684. The third kappa shape index (κ3) is 2.96. The van der Waals surface area contributed by atoms with Crippen molar-refractivity contribution in [3.8, 4) is 0 Å². The van der Waals surface area contributed by atoms with E-state index in [4.69, 9.17) is 11.5 Å². The molecule has 2 heterocycles. The summed E-state index contributed by atoms with van der Waals surface area (Å²) in [5, 5.41) is 7.62. The lowest BCUT2D eigenvalue weighted by atomic mass is 10.1. The molecule has 0 aliphatic rings. The van der Waals surface area contributed by atoms with Crippen LogP contribution < -0.4 is 17.0 Å². The summed E-state index contributed by atoms with van der Waals surface area (Å²) in [7, 11) is 1.77. The van der Waals surface area contributed by atoms with Gasteiger partial charge in [-0.15, -0.1) is 10.2 Å². The molecule has 0 atom stereocenters. The minimum atomic E-state index is -0.907. The Kier molecular flexibility index (Phi) is 3.83. The first kappa shape index (κ1) is 14.4. The molecule has 0 unspecified atom stereocenters. The van der Waals surface area contributed by atoms with E-state index in [1.807, 2.05) is 0 Å². The van der Waals surface area contributed by atoms with E-state index in [9.17, 15) is 14.4 Å². The van der Waals surface area contributed by atoms with Crippen molar-refractivity contribution in [2.45, 2.75) is 13.0 Å². The molecule has 0 saturated heterocycles. The highest BCUT2D eigenvalue weighted by atomic mass is 16.2. The van der Waals surface area contributed by atoms with Gasteiger partial charge in [0, 0.05) is 26.2 Å². The maximum absolute atomic E-state index is 12.1. The lowest BCUT2D eigenvalue weighted by Crippen LogP contribution is -2.32. The van der Waals surface area contributed by atoms with Crippen molar-refractivity contribution in [1.82, 2.24) is 19.3 Å². The first-order valence-electron chi connectivity index (χ1n) is 6.07. The Morgan fingerprint density at radius 2 is 2.00 bits per heavy atom. The fraction of sp³-hybridized carbons (Fsp3) is 0.250. The lowest BCUT2D eigenvalue weighted by molar-refractivity contribution is 0.0998. The minimum Gasteiger partial charge on any atom is -0.366 e.